The van der Waals surface area contributed by atoms with Gasteiger partial charge in [0.1, 0.15) is 11.2 Å². The molecular formula is C34H23NO. The molecule has 0 saturated carbocycles. The third-order valence-electron chi connectivity index (χ3n) is 6.86. The number of hydrogen-bond acceptors (Lipinski definition) is 2. The van der Waals surface area contributed by atoms with Crippen LogP contribution >= 0.6 is 0 Å². The van der Waals surface area contributed by atoms with Crippen molar-refractivity contribution >= 4 is 49.8 Å². The summed E-state index contributed by atoms with van der Waals surface area (Å²) in [6.45, 7) is 0. The van der Waals surface area contributed by atoms with E-state index in [4.69, 9.17) is 4.42 Å². The summed E-state index contributed by atoms with van der Waals surface area (Å²) in [4.78, 5) is 2.34. The van der Waals surface area contributed by atoms with Crippen LogP contribution in [0.15, 0.2) is 144 Å². The van der Waals surface area contributed by atoms with Crippen LogP contribution in [0.3, 0.4) is 0 Å². The summed E-state index contributed by atoms with van der Waals surface area (Å²) in [6, 6.07) is 49.0. The first kappa shape index (κ1) is 20.5. The maximum Gasteiger partial charge on any atom is 0.136 e. The van der Waals surface area contributed by atoms with Crippen LogP contribution in [-0.2, 0) is 0 Å². The first-order chi connectivity index (χ1) is 17.9. The largest absolute Gasteiger partial charge is 0.456 e. The van der Waals surface area contributed by atoms with Crippen LogP contribution in [0.25, 0.3) is 43.8 Å². The van der Waals surface area contributed by atoms with Crippen molar-refractivity contribution in [3.8, 4) is 11.1 Å². The number of nitrogens with zero attached hydrogens (tertiary/aromatic N) is 1. The lowest BCUT2D eigenvalue weighted by Crippen LogP contribution is -2.10. The molecule has 1 aromatic heterocycles. The predicted molar refractivity (Wildman–Crippen MR) is 151 cm³/mol. The Morgan fingerprint density at radius 2 is 1.03 bits per heavy atom. The summed E-state index contributed by atoms with van der Waals surface area (Å²) in [5, 5.41) is 4.69. The molecule has 0 aliphatic carbocycles. The first-order valence-electron chi connectivity index (χ1n) is 12.2. The molecule has 1 heterocycles. The van der Waals surface area contributed by atoms with Crippen molar-refractivity contribution in [3.05, 3.63) is 140 Å². The van der Waals surface area contributed by atoms with Gasteiger partial charge in [-0.25, -0.2) is 0 Å². The van der Waals surface area contributed by atoms with Crippen LogP contribution < -0.4 is 4.90 Å². The minimum absolute atomic E-state index is 0.916. The highest BCUT2D eigenvalue weighted by Gasteiger charge is 2.18. The van der Waals surface area contributed by atoms with E-state index in [9.17, 15) is 0 Å². The van der Waals surface area contributed by atoms with Crippen molar-refractivity contribution in [2.75, 3.05) is 4.90 Å². The average Bonchev–Trinajstić information content (AvgIpc) is 3.34. The highest BCUT2D eigenvalue weighted by molar-refractivity contribution is 6.21. The third-order valence-corrected chi connectivity index (χ3v) is 6.86. The summed E-state index contributed by atoms with van der Waals surface area (Å²) in [5.74, 6) is 0. The number of para-hydroxylation sites is 2. The van der Waals surface area contributed by atoms with Gasteiger partial charge in [-0.2, -0.15) is 0 Å². The van der Waals surface area contributed by atoms with Crippen LogP contribution in [-0.4, -0.2) is 0 Å². The quantitative estimate of drug-likeness (QED) is 0.259. The second-order valence-corrected chi connectivity index (χ2v) is 8.99. The maximum atomic E-state index is 6.17. The van der Waals surface area contributed by atoms with Crippen molar-refractivity contribution in [1.29, 1.82) is 0 Å². The van der Waals surface area contributed by atoms with Gasteiger partial charge in [-0.15, -0.1) is 0 Å². The molecule has 170 valence electrons. The van der Waals surface area contributed by atoms with Gasteiger partial charge in [-0.1, -0.05) is 91.0 Å². The zero-order valence-corrected chi connectivity index (χ0v) is 19.6. The van der Waals surface area contributed by atoms with Gasteiger partial charge < -0.3 is 9.32 Å². The number of fused-ring (bicyclic) bond motifs is 5. The molecule has 2 nitrogen and oxygen atoms in total. The minimum atomic E-state index is 0.916. The molecule has 0 radical (unpaired) electrons. The fourth-order valence-corrected chi connectivity index (χ4v) is 5.20. The highest BCUT2D eigenvalue weighted by Crippen LogP contribution is 2.42. The summed E-state index contributed by atoms with van der Waals surface area (Å²) in [7, 11) is 0. The molecule has 7 aromatic rings. The molecule has 0 aliphatic rings. The van der Waals surface area contributed by atoms with Crippen LogP contribution in [0.2, 0.25) is 0 Å². The molecule has 7 rings (SSSR count). The summed E-state index contributed by atoms with van der Waals surface area (Å²) in [6.07, 6.45) is 0. The monoisotopic (exact) mass is 461 g/mol. The van der Waals surface area contributed by atoms with E-state index in [1.807, 2.05) is 12.1 Å². The van der Waals surface area contributed by atoms with Crippen LogP contribution in [0.4, 0.5) is 17.1 Å². The molecule has 36 heavy (non-hydrogen) atoms. The fourth-order valence-electron chi connectivity index (χ4n) is 5.20. The topological polar surface area (TPSA) is 16.4 Å². The van der Waals surface area contributed by atoms with Gasteiger partial charge in [-0.05, 0) is 65.0 Å². The molecule has 0 N–H and O–H groups in total. The van der Waals surface area contributed by atoms with Crippen molar-refractivity contribution in [2.45, 2.75) is 0 Å². The average molecular weight is 462 g/mol. The lowest BCUT2D eigenvalue weighted by Gasteiger charge is -2.27. The SMILES string of the molecule is c1ccc(-c2ccc(N(c3ccccc3)c3cccc4c3ccc3oc5ccccc5c34)cc2)cc1. The van der Waals surface area contributed by atoms with Gasteiger partial charge in [0.25, 0.3) is 0 Å². The Morgan fingerprint density at radius 1 is 0.389 bits per heavy atom. The van der Waals surface area contributed by atoms with E-state index in [0.717, 1.165) is 39.0 Å². The Morgan fingerprint density at radius 3 is 1.83 bits per heavy atom. The number of rotatable bonds is 4. The van der Waals surface area contributed by atoms with E-state index in [-0.39, 0.29) is 0 Å². The zero-order chi connectivity index (χ0) is 23.9. The van der Waals surface area contributed by atoms with Crippen molar-refractivity contribution in [1.82, 2.24) is 0 Å². The lowest BCUT2D eigenvalue weighted by molar-refractivity contribution is 0.669. The number of anilines is 3. The van der Waals surface area contributed by atoms with Crippen LogP contribution in [0.1, 0.15) is 0 Å². The van der Waals surface area contributed by atoms with Gasteiger partial charge >= 0.3 is 0 Å². The Labute approximate surface area is 209 Å². The van der Waals surface area contributed by atoms with E-state index in [0.29, 0.717) is 0 Å². The van der Waals surface area contributed by atoms with Crippen LogP contribution in [0.5, 0.6) is 0 Å². The Balaban J connectivity index is 1.45. The van der Waals surface area contributed by atoms with Crippen molar-refractivity contribution < 1.29 is 4.42 Å². The molecule has 0 atom stereocenters. The highest BCUT2D eigenvalue weighted by atomic mass is 16.3. The second-order valence-electron chi connectivity index (χ2n) is 8.99. The summed E-state index contributed by atoms with van der Waals surface area (Å²) < 4.78 is 6.17. The normalized spacial score (nSPS) is 11.3. The smallest absolute Gasteiger partial charge is 0.136 e. The van der Waals surface area contributed by atoms with Crippen molar-refractivity contribution in [3.63, 3.8) is 0 Å². The molecule has 6 aromatic carbocycles. The molecule has 0 amide bonds. The van der Waals surface area contributed by atoms with Gasteiger partial charge in [-0.3, -0.25) is 0 Å². The molecule has 2 heteroatoms. The van der Waals surface area contributed by atoms with Gasteiger partial charge in [0.05, 0.1) is 5.69 Å². The number of furan rings is 1. The summed E-state index contributed by atoms with van der Waals surface area (Å²) >= 11 is 0. The van der Waals surface area contributed by atoms with E-state index in [2.05, 4.69) is 132 Å². The molecule has 0 saturated heterocycles. The molecule has 0 spiro atoms. The van der Waals surface area contributed by atoms with E-state index in [1.165, 1.54) is 21.9 Å². The van der Waals surface area contributed by atoms with Gasteiger partial charge in [0.2, 0.25) is 0 Å². The van der Waals surface area contributed by atoms with Crippen molar-refractivity contribution in [2.24, 2.45) is 0 Å². The lowest BCUT2D eigenvalue weighted by atomic mass is 10.0. The standard InChI is InChI=1S/C34H23NO/c1-3-10-24(11-4-1)25-18-20-27(21-19-25)35(26-12-5-2-6-13-26)31-16-9-15-29-28(31)22-23-33-34(29)30-14-7-8-17-32(30)36-33/h1-23H. The van der Waals surface area contributed by atoms with E-state index >= 15 is 0 Å². The van der Waals surface area contributed by atoms with Gasteiger partial charge in [0.15, 0.2) is 0 Å². The number of hydrogen-bond donors (Lipinski definition) is 0. The molecular weight excluding hydrogens is 438 g/mol. The maximum absolute atomic E-state index is 6.17. The first-order valence-corrected chi connectivity index (χ1v) is 12.2. The van der Waals surface area contributed by atoms with Gasteiger partial charge in [0, 0.05) is 27.5 Å². The summed E-state index contributed by atoms with van der Waals surface area (Å²) in [5.41, 5.74) is 7.63. The molecule has 0 aliphatic heterocycles. The Hall–Kier alpha value is -4.82. The third kappa shape index (κ3) is 3.35. The number of benzene rings is 6. The van der Waals surface area contributed by atoms with E-state index in [1.54, 1.807) is 0 Å². The predicted octanol–water partition coefficient (Wildman–Crippen LogP) is 9.88. The van der Waals surface area contributed by atoms with Crippen LogP contribution in [0, 0.1) is 0 Å². The Kier molecular flexibility index (Phi) is 4.82. The molecule has 0 unspecified atom stereocenters. The zero-order valence-electron chi connectivity index (χ0n) is 19.6. The molecule has 0 bridgehead atoms. The van der Waals surface area contributed by atoms with E-state index < -0.39 is 0 Å². The Bertz CT molecular complexity index is 1820. The second kappa shape index (κ2) is 8.44. The minimum Gasteiger partial charge on any atom is -0.456 e. The molecule has 0 fully saturated rings. The fraction of sp³-hybridized carbons (Fsp3) is 0.